The lowest BCUT2D eigenvalue weighted by molar-refractivity contribution is 0.670. The molecule has 0 aliphatic rings. The second-order valence-corrected chi connectivity index (χ2v) is 18.3. The fourth-order valence-electron chi connectivity index (χ4n) is 11.1. The first-order chi connectivity index (χ1) is 32.2. The summed E-state index contributed by atoms with van der Waals surface area (Å²) < 4.78 is 16.7. The van der Waals surface area contributed by atoms with E-state index >= 15 is 0 Å². The van der Waals surface area contributed by atoms with Gasteiger partial charge in [0, 0.05) is 91.5 Å². The van der Waals surface area contributed by atoms with Crippen LogP contribution in [0.25, 0.3) is 136 Å². The van der Waals surface area contributed by atoms with E-state index in [1.165, 1.54) is 80.1 Å². The maximum Gasteiger partial charge on any atom is 0.143 e. The van der Waals surface area contributed by atoms with Crippen LogP contribution in [-0.2, 0) is 0 Å². The summed E-state index contributed by atoms with van der Waals surface area (Å²) in [5.74, 6) is 0. The van der Waals surface area contributed by atoms with E-state index in [1.54, 1.807) is 0 Å². The molecule has 0 unspecified atom stereocenters. The monoisotopic (exact) mass is 845 g/mol. The van der Waals surface area contributed by atoms with Crippen LogP contribution in [0.15, 0.2) is 217 Å². The van der Waals surface area contributed by atoms with Crippen molar-refractivity contribution in [1.29, 1.82) is 0 Å². The van der Waals surface area contributed by atoms with Crippen LogP contribution in [0.5, 0.6) is 0 Å². The molecule has 4 nitrogen and oxygen atoms in total. The van der Waals surface area contributed by atoms with Gasteiger partial charge >= 0.3 is 0 Å². The second-order valence-electron chi connectivity index (χ2n) is 17.2. The van der Waals surface area contributed by atoms with Crippen LogP contribution in [0.2, 0.25) is 0 Å². The van der Waals surface area contributed by atoms with Gasteiger partial charge < -0.3 is 18.1 Å². The summed E-state index contributed by atoms with van der Waals surface area (Å²) in [6.45, 7) is 0. The fourth-order valence-corrected chi connectivity index (χ4v) is 12.3. The van der Waals surface area contributed by atoms with Gasteiger partial charge in [0.25, 0.3) is 0 Å². The van der Waals surface area contributed by atoms with Crippen LogP contribution in [-0.4, -0.2) is 13.7 Å². The number of hydrogen-bond acceptors (Lipinski definition) is 2. The van der Waals surface area contributed by atoms with Crippen LogP contribution in [0.3, 0.4) is 0 Å². The zero-order chi connectivity index (χ0) is 42.3. The van der Waals surface area contributed by atoms with Crippen molar-refractivity contribution in [2.24, 2.45) is 0 Å². The number of thiophene rings is 1. The molecule has 10 aromatic carbocycles. The smallest absolute Gasteiger partial charge is 0.143 e. The molecule has 0 aliphatic heterocycles. The summed E-state index contributed by atoms with van der Waals surface area (Å²) in [5.41, 5.74) is 14.5. The number of furan rings is 1. The lowest BCUT2D eigenvalue weighted by Gasteiger charge is -2.11. The summed E-state index contributed by atoms with van der Waals surface area (Å²) in [6.07, 6.45) is 0. The van der Waals surface area contributed by atoms with Crippen molar-refractivity contribution >= 4 is 119 Å². The van der Waals surface area contributed by atoms with E-state index in [9.17, 15) is 0 Å². The van der Waals surface area contributed by atoms with E-state index in [-0.39, 0.29) is 0 Å². The summed E-state index contributed by atoms with van der Waals surface area (Å²) in [7, 11) is 0. The molecule has 0 radical (unpaired) electrons. The Morgan fingerprint density at radius 3 is 1.26 bits per heavy atom. The molecule has 0 saturated carbocycles. The minimum atomic E-state index is 0.878. The van der Waals surface area contributed by atoms with Gasteiger partial charge in [-0.25, -0.2) is 0 Å². The van der Waals surface area contributed by atoms with E-state index in [1.807, 2.05) is 11.3 Å². The highest BCUT2D eigenvalue weighted by molar-refractivity contribution is 7.26. The number of nitrogens with zero attached hydrogens (tertiary/aromatic N) is 3. The average molecular weight is 846 g/mol. The predicted molar refractivity (Wildman–Crippen MR) is 275 cm³/mol. The van der Waals surface area contributed by atoms with Gasteiger partial charge in [0.1, 0.15) is 11.2 Å². The Morgan fingerprint density at radius 1 is 0.292 bits per heavy atom. The van der Waals surface area contributed by atoms with Gasteiger partial charge in [0.05, 0.1) is 33.1 Å². The highest BCUT2D eigenvalue weighted by Gasteiger charge is 2.21. The van der Waals surface area contributed by atoms with Crippen molar-refractivity contribution in [1.82, 2.24) is 13.7 Å². The van der Waals surface area contributed by atoms with Crippen molar-refractivity contribution in [3.8, 4) is 28.2 Å². The molecule has 15 aromatic rings. The van der Waals surface area contributed by atoms with Crippen molar-refractivity contribution in [2.45, 2.75) is 0 Å². The maximum atomic E-state index is 6.85. The van der Waals surface area contributed by atoms with E-state index in [2.05, 4.69) is 226 Å². The molecule has 0 atom stereocenters. The molecule has 5 heterocycles. The Morgan fingerprint density at radius 2 is 0.708 bits per heavy atom. The van der Waals surface area contributed by atoms with Gasteiger partial charge in [-0.05, 0) is 84.9 Å². The van der Waals surface area contributed by atoms with Gasteiger partial charge in [-0.2, -0.15) is 0 Å². The first-order valence-electron chi connectivity index (χ1n) is 22.2. The van der Waals surface area contributed by atoms with Gasteiger partial charge in [0.2, 0.25) is 0 Å². The molecule has 15 rings (SSSR count). The molecule has 0 aliphatic carbocycles. The number of fused-ring (bicyclic) bond motifs is 15. The van der Waals surface area contributed by atoms with Crippen LogP contribution < -0.4 is 0 Å². The lowest BCUT2D eigenvalue weighted by atomic mass is 10.0. The predicted octanol–water partition coefficient (Wildman–Crippen LogP) is 16.9. The van der Waals surface area contributed by atoms with E-state index < -0.39 is 0 Å². The third-order valence-electron chi connectivity index (χ3n) is 13.8. The van der Waals surface area contributed by atoms with Crippen molar-refractivity contribution in [3.63, 3.8) is 0 Å². The fraction of sp³-hybridized carbons (Fsp3) is 0. The van der Waals surface area contributed by atoms with Gasteiger partial charge in [0.15, 0.2) is 0 Å². The molecule has 0 N–H and O–H groups in total. The highest BCUT2D eigenvalue weighted by atomic mass is 32.1. The number of aromatic nitrogens is 3. The van der Waals surface area contributed by atoms with Gasteiger partial charge in [-0.1, -0.05) is 127 Å². The number of benzene rings is 10. The molecule has 0 fully saturated rings. The second kappa shape index (κ2) is 13.1. The molecule has 5 heteroatoms. The highest BCUT2D eigenvalue weighted by Crippen LogP contribution is 2.45. The van der Waals surface area contributed by atoms with Crippen molar-refractivity contribution in [3.05, 3.63) is 212 Å². The maximum absolute atomic E-state index is 6.85. The van der Waals surface area contributed by atoms with Crippen LogP contribution in [0, 0.1) is 0 Å². The van der Waals surface area contributed by atoms with Crippen LogP contribution in [0.4, 0.5) is 0 Å². The molecule has 0 amide bonds. The summed E-state index contributed by atoms with van der Waals surface area (Å²) in [4.78, 5) is 0. The normalized spacial score (nSPS) is 12.3. The molecular weight excluding hydrogens is 811 g/mol. The van der Waals surface area contributed by atoms with Crippen molar-refractivity contribution < 1.29 is 4.42 Å². The number of para-hydroxylation sites is 5. The minimum Gasteiger partial charge on any atom is -0.455 e. The average Bonchev–Trinajstić information content (AvgIpc) is 4.17. The van der Waals surface area contributed by atoms with E-state index in [0.717, 1.165) is 55.6 Å². The Kier molecular flexibility index (Phi) is 7.07. The van der Waals surface area contributed by atoms with Crippen LogP contribution >= 0.6 is 11.3 Å². The Bertz CT molecular complexity index is 4220. The third-order valence-corrected chi connectivity index (χ3v) is 15.1. The zero-order valence-corrected chi connectivity index (χ0v) is 35.7. The summed E-state index contributed by atoms with van der Waals surface area (Å²) in [6, 6.07) is 77.7. The third kappa shape index (κ3) is 4.85. The number of hydrogen-bond donors (Lipinski definition) is 0. The summed E-state index contributed by atoms with van der Waals surface area (Å²) in [5, 5.41) is 12.2. The first kappa shape index (κ1) is 35.1. The topological polar surface area (TPSA) is 27.9 Å². The standard InChI is InChI=1S/C60H35N3OS/c1-6-22-51-39(13-1)40-14-2-7-23-52(40)61(51)36-27-30-55-48(33-36)49-34-37(62-53-24-8-3-15-41(53)42-16-4-9-25-54(42)62)28-31-56(49)63(55)38-29-32-57-50(35-38)45-19-11-18-44(59(45)64-57)47-21-12-20-46-43-17-5-10-26-58(43)65-60(46)47/h1-35H. The van der Waals surface area contributed by atoms with Crippen LogP contribution in [0.1, 0.15) is 0 Å². The van der Waals surface area contributed by atoms with Gasteiger partial charge in [-0.3, -0.25) is 0 Å². The Hall–Kier alpha value is -8.38. The Labute approximate surface area is 375 Å². The first-order valence-corrected chi connectivity index (χ1v) is 23.0. The molecule has 0 saturated heterocycles. The van der Waals surface area contributed by atoms with Crippen molar-refractivity contribution in [2.75, 3.05) is 0 Å². The lowest BCUT2D eigenvalue weighted by Crippen LogP contribution is -1.96. The molecule has 302 valence electrons. The molecular formula is C60H35N3OS. The van der Waals surface area contributed by atoms with E-state index in [0.29, 0.717) is 0 Å². The van der Waals surface area contributed by atoms with E-state index in [4.69, 9.17) is 4.42 Å². The Balaban J connectivity index is 0.979. The van der Waals surface area contributed by atoms with Gasteiger partial charge in [-0.15, -0.1) is 11.3 Å². The quantitative estimate of drug-likeness (QED) is 0.173. The number of rotatable bonds is 4. The zero-order valence-electron chi connectivity index (χ0n) is 34.9. The summed E-state index contributed by atoms with van der Waals surface area (Å²) >= 11 is 1.86. The molecule has 5 aromatic heterocycles. The minimum absolute atomic E-state index is 0.878. The largest absolute Gasteiger partial charge is 0.455 e. The molecule has 0 spiro atoms. The molecule has 65 heavy (non-hydrogen) atoms. The SMILES string of the molecule is c1ccc2c(c1)sc1c(-c3cccc4c3oc3ccc(-n5c6ccc(-n7c8ccccc8c8ccccc87)cc6c6cc(-n7c8ccccc8c8ccccc87)ccc65)cc34)cccc12. The molecule has 0 bridgehead atoms.